The largest absolute Gasteiger partial charge is 5.00 e. The van der Waals surface area contributed by atoms with Gasteiger partial charge in [0, 0.05) is 0 Å². The molecule has 0 aliphatic rings. The fourth-order valence-electron chi connectivity index (χ4n) is 0.763. The predicted molar refractivity (Wildman–Crippen MR) is 57.8 cm³/mol. The summed E-state index contributed by atoms with van der Waals surface area (Å²) in [6, 6.07) is 0. The molecule has 0 amide bonds. The maximum Gasteiger partial charge on any atom is 5.00 e. The van der Waals surface area contributed by atoms with Crippen molar-refractivity contribution >= 4 is 39.0 Å². The number of rotatable bonds is 4. The van der Waals surface area contributed by atoms with Crippen LogP contribution in [0.5, 0.6) is 0 Å². The van der Waals surface area contributed by atoms with Crippen LogP contribution in [0.4, 0.5) is 0 Å². The maximum absolute atomic E-state index is 4.26. The third-order valence-electron chi connectivity index (χ3n) is 1.28. The first-order chi connectivity index (χ1) is 5.54. The molecule has 0 saturated heterocycles. The van der Waals surface area contributed by atoms with Gasteiger partial charge in [-0.3, -0.25) is 0 Å². The monoisotopic (exact) mass is 488 g/mol. The van der Waals surface area contributed by atoms with Crippen LogP contribution in [0.15, 0.2) is 0 Å². The average Bonchev–Trinajstić information content (AvgIpc) is 1.87. The molecule has 0 atom stereocenters. The van der Waals surface area contributed by atoms with Gasteiger partial charge in [0.25, 0.3) is 0 Å². The van der Waals surface area contributed by atoms with Crippen LogP contribution in [-0.2, 0) is 22.4 Å². The Kier molecular flexibility index (Phi) is 149. The molecule has 0 aliphatic heterocycles. The van der Waals surface area contributed by atoms with Crippen molar-refractivity contribution in [3.05, 3.63) is 0 Å². The fourth-order valence-corrected chi connectivity index (χ4v) is 2.29. The van der Waals surface area contributed by atoms with E-state index in [4.69, 9.17) is 0 Å². The molecule has 120 valence electrons. The summed E-state index contributed by atoms with van der Waals surface area (Å²) in [5.41, 5.74) is 0. The van der Waals surface area contributed by atoms with E-state index >= 15 is 0 Å². The maximum atomic E-state index is 4.26. The molecule has 0 saturated carbocycles. The van der Waals surface area contributed by atoms with E-state index in [1.54, 1.807) is 0 Å². The van der Waals surface area contributed by atoms with E-state index in [2.05, 4.69) is 55.3 Å². The molecule has 0 spiro atoms. The second-order valence-electron chi connectivity index (χ2n) is 3.61. The van der Waals surface area contributed by atoms with Crippen LogP contribution in [0.25, 0.3) is 0 Å². The normalized spacial score (nSPS) is 5.89. The van der Waals surface area contributed by atoms with E-state index in [0.29, 0.717) is 0 Å². The average molecular weight is 492 g/mol. The SMILES string of the molecule is CC(C)[CH2][Al+][CH2]C(C)C.ClOCl.[Cl-].[Cl-].[Cl-].[Cl-].[Cl-].[Cl-].[V+5]. The van der Waals surface area contributed by atoms with Gasteiger partial charge < -0.3 is 74.4 Å². The van der Waals surface area contributed by atoms with Gasteiger partial charge in [-0.25, -0.2) is 0 Å². The van der Waals surface area contributed by atoms with Crippen molar-refractivity contribution in [3.8, 4) is 0 Å². The molecule has 0 aromatic rings. The smallest absolute Gasteiger partial charge is 1.00 e. The summed E-state index contributed by atoms with van der Waals surface area (Å²) in [4.78, 5) is 0. The Morgan fingerprint density at radius 2 is 0.895 bits per heavy atom. The molecule has 0 aliphatic carbocycles. The van der Waals surface area contributed by atoms with Gasteiger partial charge in [-0.05, 0) is 0 Å². The Hall–Kier alpha value is 3.40. The van der Waals surface area contributed by atoms with Crippen molar-refractivity contribution < 1.29 is 96.8 Å². The topological polar surface area (TPSA) is 9.23 Å². The number of halogens is 8. The summed E-state index contributed by atoms with van der Waals surface area (Å²) < 4.78 is 3.19. The Balaban J connectivity index is -0.0000000132. The molecule has 0 radical (unpaired) electrons. The quantitative estimate of drug-likeness (QED) is 0.355. The molecule has 0 aromatic heterocycles. The Labute approximate surface area is 184 Å². The van der Waals surface area contributed by atoms with Crippen molar-refractivity contribution in [2.45, 2.75) is 38.3 Å². The first-order valence-electron chi connectivity index (χ1n) is 4.25. The number of hydrogen-bond acceptors (Lipinski definition) is 1. The summed E-state index contributed by atoms with van der Waals surface area (Å²) in [6.45, 7) is 9.25. The van der Waals surface area contributed by atoms with Crippen molar-refractivity contribution in [1.82, 2.24) is 0 Å². The van der Waals surface area contributed by atoms with Crippen molar-refractivity contribution in [1.29, 1.82) is 0 Å². The van der Waals surface area contributed by atoms with E-state index in [9.17, 15) is 0 Å². The van der Waals surface area contributed by atoms with Crippen molar-refractivity contribution in [2.24, 2.45) is 11.8 Å². The second-order valence-corrected chi connectivity index (χ2v) is 5.59. The van der Waals surface area contributed by atoms with Crippen LogP contribution < -0.4 is 74.4 Å². The predicted octanol–water partition coefficient (Wildman–Crippen LogP) is -13.8. The minimum atomic E-state index is 0. The van der Waals surface area contributed by atoms with Gasteiger partial charge in [-0.1, -0.05) is 0 Å². The van der Waals surface area contributed by atoms with Gasteiger partial charge in [0.1, 0.15) is 0 Å². The van der Waals surface area contributed by atoms with Gasteiger partial charge >= 0.3 is 83.9 Å². The van der Waals surface area contributed by atoms with Crippen LogP contribution in [0.2, 0.25) is 10.6 Å². The van der Waals surface area contributed by atoms with E-state index in [0.717, 1.165) is 27.1 Å². The summed E-state index contributed by atoms with van der Waals surface area (Å²) >= 11 is 9.28. The third-order valence-corrected chi connectivity index (χ3v) is 3.83. The molecular formula is C8H18AlCl8OV. The zero-order valence-electron chi connectivity index (χ0n) is 11.0. The van der Waals surface area contributed by atoms with Crippen molar-refractivity contribution in [3.63, 3.8) is 0 Å². The Morgan fingerprint density at radius 1 is 0.737 bits per heavy atom. The van der Waals surface area contributed by atoms with Crippen LogP contribution in [0.3, 0.4) is 0 Å². The summed E-state index contributed by atoms with van der Waals surface area (Å²) in [6.07, 6.45) is 0. The van der Waals surface area contributed by atoms with E-state index in [1.807, 2.05) is 0 Å². The van der Waals surface area contributed by atoms with Crippen LogP contribution in [0.1, 0.15) is 27.7 Å². The van der Waals surface area contributed by atoms with Crippen molar-refractivity contribution in [2.75, 3.05) is 0 Å². The molecule has 0 unspecified atom stereocenters. The van der Waals surface area contributed by atoms with E-state index in [-0.39, 0.29) is 93.0 Å². The summed E-state index contributed by atoms with van der Waals surface area (Å²) in [5, 5.41) is 2.97. The molecule has 0 aromatic carbocycles. The van der Waals surface area contributed by atoms with Gasteiger partial charge in [-0.15, -0.1) is 0 Å². The van der Waals surface area contributed by atoms with Gasteiger partial charge in [-0.2, -0.15) is 3.84 Å². The first kappa shape index (κ1) is 57.1. The molecule has 1 nitrogen and oxygen atoms in total. The molecule has 0 bridgehead atoms. The third kappa shape index (κ3) is 91.2. The first-order valence-corrected chi connectivity index (χ1v) is 6.50. The summed E-state index contributed by atoms with van der Waals surface area (Å²) in [7, 11) is 0. The molecule has 0 rings (SSSR count). The molecular weight excluding hydrogens is 474 g/mol. The van der Waals surface area contributed by atoms with Crippen LogP contribution in [-0.4, -0.2) is 15.2 Å². The Morgan fingerprint density at radius 3 is 1.00 bits per heavy atom. The van der Waals surface area contributed by atoms with Gasteiger partial charge in [0.05, 0.1) is 23.7 Å². The molecule has 0 N–H and O–H groups in total. The van der Waals surface area contributed by atoms with Gasteiger partial charge in [0.2, 0.25) is 0 Å². The minimum absolute atomic E-state index is 0. The molecule has 0 fully saturated rings. The molecule has 11 heteroatoms. The Bertz CT molecular complexity index is 87.1. The van der Waals surface area contributed by atoms with Gasteiger partial charge in [0.15, 0.2) is 0 Å². The standard InChI is InChI=1S/2C4H9.Al.Cl2O.6ClH.V/c2*1-4(2)3;;1-3-2;;;;;;;/h2*4H,1H2,2-3H3;;;6*1H;/q;;+1;;;;;;;;+5/p-6. The molecule has 0 heterocycles. The number of hydrogen-bond donors (Lipinski definition) is 0. The summed E-state index contributed by atoms with van der Waals surface area (Å²) in [5.74, 6) is 1.86. The molecule has 19 heavy (non-hydrogen) atoms. The van der Waals surface area contributed by atoms with Crippen LogP contribution >= 0.6 is 23.7 Å². The zero-order chi connectivity index (χ0) is 9.98. The van der Waals surface area contributed by atoms with Crippen LogP contribution in [0, 0.1) is 11.8 Å². The zero-order valence-corrected chi connectivity index (χ0v) is 19.6. The van der Waals surface area contributed by atoms with E-state index in [1.165, 1.54) is 10.6 Å². The second kappa shape index (κ2) is 49.6. The minimum Gasteiger partial charge on any atom is -1.00 e. The fraction of sp³-hybridized carbons (Fsp3) is 1.00. The van der Waals surface area contributed by atoms with E-state index < -0.39 is 0 Å².